The van der Waals surface area contributed by atoms with Gasteiger partial charge in [-0.05, 0) is 35.4 Å². The Morgan fingerprint density at radius 1 is 1.00 bits per heavy atom. The SMILES string of the molecule is O=c1cc(-c2ccc(NCc3cccc(Br)c3)cc2)[nH][nH]1. The third-order valence-electron chi connectivity index (χ3n) is 3.18. The molecule has 0 atom stereocenters. The normalized spacial score (nSPS) is 10.5. The van der Waals surface area contributed by atoms with Gasteiger partial charge >= 0.3 is 0 Å². The molecule has 0 spiro atoms. The molecule has 4 nitrogen and oxygen atoms in total. The molecule has 0 aliphatic heterocycles. The summed E-state index contributed by atoms with van der Waals surface area (Å²) in [4.78, 5) is 11.1. The lowest BCUT2D eigenvalue weighted by Gasteiger charge is -2.07. The van der Waals surface area contributed by atoms with Gasteiger partial charge in [0.05, 0.1) is 5.69 Å². The van der Waals surface area contributed by atoms with Crippen LogP contribution in [0.3, 0.4) is 0 Å². The summed E-state index contributed by atoms with van der Waals surface area (Å²) in [6.45, 7) is 0.764. The minimum atomic E-state index is -0.123. The van der Waals surface area contributed by atoms with Crippen LogP contribution in [-0.4, -0.2) is 10.2 Å². The zero-order valence-electron chi connectivity index (χ0n) is 11.2. The molecule has 0 saturated carbocycles. The van der Waals surface area contributed by atoms with Gasteiger partial charge in [-0.25, -0.2) is 0 Å². The van der Waals surface area contributed by atoms with Crippen molar-refractivity contribution in [1.29, 1.82) is 0 Å². The average Bonchev–Trinajstić information content (AvgIpc) is 2.92. The van der Waals surface area contributed by atoms with E-state index in [1.165, 1.54) is 5.56 Å². The van der Waals surface area contributed by atoms with Crippen molar-refractivity contribution >= 4 is 21.6 Å². The van der Waals surface area contributed by atoms with Gasteiger partial charge in [-0.15, -0.1) is 0 Å². The summed E-state index contributed by atoms with van der Waals surface area (Å²) in [6.07, 6.45) is 0. The Hall–Kier alpha value is -2.27. The van der Waals surface area contributed by atoms with Crippen LogP contribution < -0.4 is 10.9 Å². The first kappa shape index (κ1) is 13.7. The standard InChI is InChI=1S/C16H14BrN3O/c17-13-3-1-2-11(8-13)10-18-14-6-4-12(5-7-14)15-9-16(21)20-19-15/h1-9,18H,10H2,(H2,19,20,21). The first-order valence-electron chi connectivity index (χ1n) is 6.57. The topological polar surface area (TPSA) is 60.7 Å². The molecule has 106 valence electrons. The molecule has 2 aromatic carbocycles. The van der Waals surface area contributed by atoms with Crippen LogP contribution in [0.4, 0.5) is 5.69 Å². The molecule has 1 heterocycles. The Balaban J connectivity index is 1.68. The Kier molecular flexibility index (Phi) is 3.92. The molecule has 0 radical (unpaired) electrons. The molecule has 0 amide bonds. The molecule has 0 unspecified atom stereocenters. The average molecular weight is 344 g/mol. The van der Waals surface area contributed by atoms with E-state index in [9.17, 15) is 4.79 Å². The van der Waals surface area contributed by atoms with Crippen molar-refractivity contribution in [3.05, 3.63) is 75.0 Å². The summed E-state index contributed by atoms with van der Waals surface area (Å²) in [7, 11) is 0. The number of benzene rings is 2. The highest BCUT2D eigenvalue weighted by atomic mass is 79.9. The van der Waals surface area contributed by atoms with Crippen molar-refractivity contribution < 1.29 is 0 Å². The van der Waals surface area contributed by atoms with Gasteiger partial charge < -0.3 is 5.32 Å². The lowest BCUT2D eigenvalue weighted by Crippen LogP contribution is -1.98. The van der Waals surface area contributed by atoms with Gasteiger partial charge in [-0.3, -0.25) is 15.0 Å². The number of hydrogen-bond acceptors (Lipinski definition) is 2. The fourth-order valence-corrected chi connectivity index (χ4v) is 2.55. The lowest BCUT2D eigenvalue weighted by atomic mass is 10.1. The Morgan fingerprint density at radius 2 is 1.81 bits per heavy atom. The molecular weight excluding hydrogens is 330 g/mol. The highest BCUT2D eigenvalue weighted by Gasteiger charge is 2.01. The van der Waals surface area contributed by atoms with Crippen LogP contribution in [0.1, 0.15) is 5.56 Å². The van der Waals surface area contributed by atoms with Crippen LogP contribution >= 0.6 is 15.9 Å². The first-order chi connectivity index (χ1) is 10.2. The van der Waals surface area contributed by atoms with E-state index in [1.807, 2.05) is 36.4 Å². The number of H-pyrrole nitrogens is 2. The number of halogens is 1. The second kappa shape index (κ2) is 6.01. The Morgan fingerprint density at radius 3 is 2.48 bits per heavy atom. The van der Waals surface area contributed by atoms with E-state index in [-0.39, 0.29) is 5.56 Å². The molecule has 0 saturated heterocycles. The van der Waals surface area contributed by atoms with Crippen molar-refractivity contribution in [1.82, 2.24) is 10.2 Å². The summed E-state index contributed by atoms with van der Waals surface area (Å²) in [5, 5.41) is 8.75. The minimum Gasteiger partial charge on any atom is -0.381 e. The van der Waals surface area contributed by atoms with Crippen LogP contribution in [-0.2, 0) is 6.54 Å². The maximum atomic E-state index is 11.1. The number of rotatable bonds is 4. The Bertz CT molecular complexity index is 790. The number of nitrogens with one attached hydrogen (secondary N) is 3. The molecule has 5 heteroatoms. The number of anilines is 1. The second-order valence-electron chi connectivity index (χ2n) is 4.73. The van der Waals surface area contributed by atoms with Gasteiger partial charge in [-0.1, -0.05) is 40.2 Å². The highest BCUT2D eigenvalue weighted by molar-refractivity contribution is 9.10. The van der Waals surface area contributed by atoms with Crippen molar-refractivity contribution in [3.63, 3.8) is 0 Å². The van der Waals surface area contributed by atoms with E-state index in [0.717, 1.165) is 28.0 Å². The third-order valence-corrected chi connectivity index (χ3v) is 3.67. The number of hydrogen-bond donors (Lipinski definition) is 3. The number of aromatic amines is 2. The van der Waals surface area contributed by atoms with E-state index in [1.54, 1.807) is 6.07 Å². The predicted molar refractivity (Wildman–Crippen MR) is 88.3 cm³/mol. The molecular formula is C16H14BrN3O. The summed E-state index contributed by atoms with van der Waals surface area (Å²) < 4.78 is 1.08. The fraction of sp³-hybridized carbons (Fsp3) is 0.0625. The van der Waals surface area contributed by atoms with Crippen molar-refractivity contribution in [2.75, 3.05) is 5.32 Å². The zero-order valence-corrected chi connectivity index (χ0v) is 12.8. The smallest absolute Gasteiger partial charge is 0.264 e. The lowest BCUT2D eigenvalue weighted by molar-refractivity contribution is 1.06. The van der Waals surface area contributed by atoms with Gasteiger partial charge in [-0.2, -0.15) is 0 Å². The molecule has 3 N–H and O–H groups in total. The predicted octanol–water partition coefficient (Wildman–Crippen LogP) is 3.74. The molecule has 0 aliphatic carbocycles. The van der Waals surface area contributed by atoms with Crippen molar-refractivity contribution in [2.24, 2.45) is 0 Å². The van der Waals surface area contributed by atoms with E-state index in [0.29, 0.717) is 0 Å². The maximum absolute atomic E-state index is 11.1. The van der Waals surface area contributed by atoms with E-state index < -0.39 is 0 Å². The molecule has 3 aromatic rings. The van der Waals surface area contributed by atoms with E-state index in [2.05, 4.69) is 43.6 Å². The van der Waals surface area contributed by atoms with Gasteiger partial charge in [0.1, 0.15) is 0 Å². The summed E-state index contributed by atoms with van der Waals surface area (Å²) in [5.41, 5.74) is 3.89. The van der Waals surface area contributed by atoms with Gasteiger partial charge in [0.25, 0.3) is 5.56 Å². The molecule has 0 fully saturated rings. The van der Waals surface area contributed by atoms with Crippen LogP contribution in [0.15, 0.2) is 63.9 Å². The highest BCUT2D eigenvalue weighted by Crippen LogP contribution is 2.19. The Labute approximate surface area is 130 Å². The third kappa shape index (κ3) is 3.44. The molecule has 3 rings (SSSR count). The van der Waals surface area contributed by atoms with Gasteiger partial charge in [0, 0.05) is 22.8 Å². The summed E-state index contributed by atoms with van der Waals surface area (Å²) in [5.74, 6) is 0. The van der Waals surface area contributed by atoms with Crippen LogP contribution in [0.2, 0.25) is 0 Å². The van der Waals surface area contributed by atoms with Crippen LogP contribution in [0.5, 0.6) is 0 Å². The van der Waals surface area contributed by atoms with Crippen molar-refractivity contribution in [3.8, 4) is 11.3 Å². The zero-order chi connectivity index (χ0) is 14.7. The number of aromatic nitrogens is 2. The van der Waals surface area contributed by atoms with E-state index >= 15 is 0 Å². The molecule has 0 bridgehead atoms. The molecule has 0 aliphatic rings. The van der Waals surface area contributed by atoms with Gasteiger partial charge in [0.2, 0.25) is 0 Å². The maximum Gasteiger partial charge on any atom is 0.264 e. The van der Waals surface area contributed by atoms with Crippen LogP contribution in [0, 0.1) is 0 Å². The van der Waals surface area contributed by atoms with Gasteiger partial charge in [0.15, 0.2) is 0 Å². The largest absolute Gasteiger partial charge is 0.381 e. The van der Waals surface area contributed by atoms with Crippen molar-refractivity contribution in [2.45, 2.75) is 6.54 Å². The molecule has 1 aromatic heterocycles. The first-order valence-corrected chi connectivity index (χ1v) is 7.36. The monoisotopic (exact) mass is 343 g/mol. The molecule has 21 heavy (non-hydrogen) atoms. The second-order valence-corrected chi connectivity index (χ2v) is 5.65. The summed E-state index contributed by atoms with van der Waals surface area (Å²) >= 11 is 3.47. The quantitative estimate of drug-likeness (QED) is 0.675. The fourth-order valence-electron chi connectivity index (χ4n) is 2.11. The minimum absolute atomic E-state index is 0.123. The summed E-state index contributed by atoms with van der Waals surface area (Å²) in [6, 6.07) is 17.7. The van der Waals surface area contributed by atoms with E-state index in [4.69, 9.17) is 0 Å². The van der Waals surface area contributed by atoms with Crippen LogP contribution in [0.25, 0.3) is 11.3 Å².